The van der Waals surface area contributed by atoms with Crippen LogP contribution in [0.15, 0.2) is 29.3 Å². The van der Waals surface area contributed by atoms with Gasteiger partial charge in [0.05, 0.1) is 0 Å². The fourth-order valence-corrected chi connectivity index (χ4v) is 2.20. The molecule has 1 aliphatic rings. The van der Waals surface area contributed by atoms with Crippen molar-refractivity contribution in [1.29, 1.82) is 0 Å². The average Bonchev–Trinajstić information content (AvgIpc) is 2.67. The fourth-order valence-electron chi connectivity index (χ4n) is 2.20. The molecule has 0 fully saturated rings. The number of hydrogen-bond donors (Lipinski definition) is 1. The maximum absolute atomic E-state index is 12.0. The first kappa shape index (κ1) is 15.7. The predicted molar refractivity (Wildman–Crippen MR) is 79.3 cm³/mol. The normalized spacial score (nSPS) is 17.2. The minimum Gasteiger partial charge on any atom is -0.426 e. The number of hydrogen-bond acceptors (Lipinski definition) is 5. The number of rotatable bonds is 3. The van der Waals surface area contributed by atoms with E-state index in [4.69, 9.17) is 4.74 Å². The molecule has 0 bridgehead atoms. The molecule has 0 unspecified atom stereocenters. The van der Waals surface area contributed by atoms with E-state index >= 15 is 0 Å². The molecular formula is C15H17N3O4. The van der Waals surface area contributed by atoms with Gasteiger partial charge in [-0.05, 0) is 11.6 Å². The van der Waals surface area contributed by atoms with Gasteiger partial charge < -0.3 is 9.64 Å². The second-order valence-corrected chi connectivity index (χ2v) is 4.99. The third-order valence-electron chi connectivity index (χ3n) is 3.23. The third-order valence-corrected chi connectivity index (χ3v) is 3.23. The number of amides is 2. The quantitative estimate of drug-likeness (QED) is 0.648. The third kappa shape index (κ3) is 3.49. The number of ether oxygens (including phenoxy) is 1. The van der Waals surface area contributed by atoms with Crippen LogP contribution in [0.4, 0.5) is 0 Å². The van der Waals surface area contributed by atoms with Crippen LogP contribution in [0.25, 0.3) is 0 Å². The summed E-state index contributed by atoms with van der Waals surface area (Å²) in [6, 6.07) is 6.47. The van der Waals surface area contributed by atoms with Crippen molar-refractivity contribution >= 4 is 23.7 Å². The lowest BCUT2D eigenvalue weighted by molar-refractivity contribution is -0.132. The number of likely N-dealkylation sites (N-methyl/N-ethyl adjacent to an activating group) is 1. The summed E-state index contributed by atoms with van der Waals surface area (Å²) < 4.78 is 5.14. The van der Waals surface area contributed by atoms with Crippen LogP contribution in [0.3, 0.4) is 0 Å². The Bertz CT molecular complexity index is 654. The van der Waals surface area contributed by atoms with Gasteiger partial charge in [-0.1, -0.05) is 18.2 Å². The molecular weight excluding hydrogens is 286 g/mol. The maximum Gasteiger partial charge on any atom is 0.308 e. The van der Waals surface area contributed by atoms with Gasteiger partial charge in [-0.2, -0.15) is 4.99 Å². The van der Waals surface area contributed by atoms with Crippen molar-refractivity contribution in [1.82, 2.24) is 10.2 Å². The molecule has 7 heteroatoms. The molecule has 1 N–H and O–H groups in total. The zero-order chi connectivity index (χ0) is 16.3. The molecule has 1 heterocycles. The van der Waals surface area contributed by atoms with Crippen LogP contribution in [0.2, 0.25) is 0 Å². The number of benzene rings is 1. The van der Waals surface area contributed by atoms with E-state index < -0.39 is 12.0 Å². The van der Waals surface area contributed by atoms with E-state index in [1.165, 1.54) is 13.8 Å². The molecule has 0 radical (unpaired) electrons. The number of para-hydroxylation sites is 1. The summed E-state index contributed by atoms with van der Waals surface area (Å²) >= 11 is 0. The first-order valence-electron chi connectivity index (χ1n) is 6.77. The molecule has 7 nitrogen and oxygen atoms in total. The Kier molecular flexibility index (Phi) is 4.55. The average molecular weight is 303 g/mol. The van der Waals surface area contributed by atoms with E-state index in [1.807, 2.05) is 0 Å². The highest BCUT2D eigenvalue weighted by Crippen LogP contribution is 2.23. The van der Waals surface area contributed by atoms with Crippen molar-refractivity contribution in [3.8, 4) is 5.75 Å². The standard InChI is InChI=1S/C15H17N3O4/c1-9(19)16-15-17-14(21)12(18(15)3)8-11-6-4-5-7-13(11)22-10(2)20/h4-7,12H,8H2,1-3H3,(H,16,17,19,21)/t12-/m0/s1. The van der Waals surface area contributed by atoms with E-state index in [0.717, 1.165) is 5.56 Å². The summed E-state index contributed by atoms with van der Waals surface area (Å²) in [5, 5.41) is 2.52. The molecule has 0 spiro atoms. The molecule has 2 rings (SSSR count). The first-order valence-corrected chi connectivity index (χ1v) is 6.77. The number of nitrogens with zero attached hydrogens (tertiary/aromatic N) is 2. The van der Waals surface area contributed by atoms with Crippen LogP contribution in [0.1, 0.15) is 19.4 Å². The van der Waals surface area contributed by atoms with Gasteiger partial charge in [-0.15, -0.1) is 0 Å². The Hall–Kier alpha value is -2.70. The molecule has 0 aromatic heterocycles. The first-order chi connectivity index (χ1) is 10.4. The lowest BCUT2D eigenvalue weighted by Gasteiger charge is -2.22. The minimum absolute atomic E-state index is 0.229. The highest BCUT2D eigenvalue weighted by atomic mass is 16.5. The van der Waals surface area contributed by atoms with Gasteiger partial charge in [0.2, 0.25) is 11.9 Å². The van der Waals surface area contributed by atoms with E-state index in [1.54, 1.807) is 36.2 Å². The largest absolute Gasteiger partial charge is 0.426 e. The zero-order valence-corrected chi connectivity index (χ0v) is 12.6. The Labute approximate surface area is 128 Å². The van der Waals surface area contributed by atoms with Crippen molar-refractivity contribution in [2.75, 3.05) is 7.05 Å². The van der Waals surface area contributed by atoms with Gasteiger partial charge in [0.25, 0.3) is 5.91 Å². The topological polar surface area (TPSA) is 88.1 Å². The Balaban J connectivity index is 2.17. The molecule has 1 aromatic carbocycles. The van der Waals surface area contributed by atoms with E-state index in [0.29, 0.717) is 12.2 Å². The maximum atomic E-state index is 12.0. The van der Waals surface area contributed by atoms with Crippen molar-refractivity contribution in [3.05, 3.63) is 29.8 Å². The van der Waals surface area contributed by atoms with Crippen LogP contribution in [0, 0.1) is 0 Å². The highest BCUT2D eigenvalue weighted by Gasteiger charge is 2.33. The van der Waals surface area contributed by atoms with Gasteiger partial charge in [0.1, 0.15) is 11.8 Å². The van der Waals surface area contributed by atoms with Crippen molar-refractivity contribution in [2.45, 2.75) is 26.3 Å². The van der Waals surface area contributed by atoms with Gasteiger partial charge in [-0.25, -0.2) is 0 Å². The van der Waals surface area contributed by atoms with Crippen molar-refractivity contribution in [2.24, 2.45) is 4.99 Å². The fraction of sp³-hybridized carbons (Fsp3) is 0.333. The van der Waals surface area contributed by atoms with E-state index in [-0.39, 0.29) is 17.8 Å². The molecule has 1 aliphatic heterocycles. The van der Waals surface area contributed by atoms with Crippen molar-refractivity contribution in [3.63, 3.8) is 0 Å². The lowest BCUT2D eigenvalue weighted by atomic mass is 10.0. The number of guanidine groups is 1. The molecule has 0 aliphatic carbocycles. The highest BCUT2D eigenvalue weighted by molar-refractivity contribution is 6.07. The van der Waals surface area contributed by atoms with Crippen LogP contribution < -0.4 is 10.1 Å². The summed E-state index contributed by atoms with van der Waals surface area (Å²) in [6.07, 6.45) is 0.325. The number of carbonyl (C=O) groups excluding carboxylic acids is 3. The van der Waals surface area contributed by atoms with Crippen LogP contribution >= 0.6 is 0 Å². The second kappa shape index (κ2) is 6.38. The van der Waals surface area contributed by atoms with Gasteiger partial charge in [0, 0.05) is 27.3 Å². The Morgan fingerprint density at radius 1 is 1.32 bits per heavy atom. The Morgan fingerprint density at radius 3 is 2.64 bits per heavy atom. The van der Waals surface area contributed by atoms with Crippen LogP contribution in [-0.2, 0) is 20.8 Å². The second-order valence-electron chi connectivity index (χ2n) is 4.99. The summed E-state index contributed by atoms with van der Waals surface area (Å²) in [7, 11) is 1.68. The lowest BCUT2D eigenvalue weighted by Crippen LogP contribution is -2.44. The molecule has 116 valence electrons. The predicted octanol–water partition coefficient (Wildman–Crippen LogP) is 0.487. The summed E-state index contributed by atoms with van der Waals surface area (Å²) in [5.74, 6) is -0.409. The molecule has 22 heavy (non-hydrogen) atoms. The van der Waals surface area contributed by atoms with E-state index in [9.17, 15) is 14.4 Å². The molecule has 1 aromatic rings. The molecule has 2 amide bonds. The van der Waals surface area contributed by atoms with Crippen LogP contribution in [-0.4, -0.2) is 41.7 Å². The van der Waals surface area contributed by atoms with E-state index in [2.05, 4.69) is 10.3 Å². The zero-order valence-electron chi connectivity index (χ0n) is 12.6. The number of carbonyl (C=O) groups is 3. The molecule has 1 atom stereocenters. The summed E-state index contributed by atoms with van der Waals surface area (Å²) in [6.45, 7) is 2.67. The Morgan fingerprint density at radius 2 is 2.00 bits per heavy atom. The number of esters is 1. The molecule has 0 saturated carbocycles. The number of nitrogens with one attached hydrogen (secondary N) is 1. The van der Waals surface area contributed by atoms with Gasteiger partial charge >= 0.3 is 5.97 Å². The van der Waals surface area contributed by atoms with Crippen LogP contribution in [0.5, 0.6) is 5.75 Å². The van der Waals surface area contributed by atoms with Crippen molar-refractivity contribution < 1.29 is 19.1 Å². The molecule has 0 saturated heterocycles. The SMILES string of the molecule is CC(=O)NC1=NC(=O)[C@H](Cc2ccccc2OC(C)=O)N1C. The smallest absolute Gasteiger partial charge is 0.308 e. The summed E-state index contributed by atoms with van der Waals surface area (Å²) in [4.78, 5) is 39.7. The van der Waals surface area contributed by atoms with Gasteiger partial charge in [0.15, 0.2) is 0 Å². The monoisotopic (exact) mass is 303 g/mol. The van der Waals surface area contributed by atoms with Gasteiger partial charge in [-0.3, -0.25) is 19.7 Å². The minimum atomic E-state index is -0.543. The number of aliphatic imine (C=N–C) groups is 1. The summed E-state index contributed by atoms with van der Waals surface area (Å²) in [5.41, 5.74) is 0.724.